The highest BCUT2D eigenvalue weighted by Gasteiger charge is 2.20. The molecule has 0 aliphatic carbocycles. The Morgan fingerprint density at radius 1 is 0.900 bits per heavy atom. The van der Waals surface area contributed by atoms with Gasteiger partial charge in [0.25, 0.3) is 5.91 Å². The number of hydrogen-bond donors (Lipinski definition) is 1. The van der Waals surface area contributed by atoms with Crippen LogP contribution in [0.3, 0.4) is 0 Å². The van der Waals surface area contributed by atoms with Crippen molar-refractivity contribution in [3.8, 4) is 11.5 Å². The molecule has 0 heterocycles. The van der Waals surface area contributed by atoms with E-state index in [-0.39, 0.29) is 5.56 Å². The van der Waals surface area contributed by atoms with Crippen LogP contribution in [0.5, 0.6) is 11.5 Å². The summed E-state index contributed by atoms with van der Waals surface area (Å²) in [6, 6.07) is 23.4. The van der Waals surface area contributed by atoms with E-state index >= 15 is 0 Å². The topological polar surface area (TPSA) is 73.9 Å². The number of carbonyl (C=O) groups is 2. The SMILES string of the molecule is COc1cc(C(=O)O[C@@H](C)C(=O)Nc2ccccc2)ccc1OCc1ccccc1. The van der Waals surface area contributed by atoms with Crippen molar-refractivity contribution in [1.29, 1.82) is 0 Å². The molecule has 0 saturated carbocycles. The molecule has 6 heteroatoms. The summed E-state index contributed by atoms with van der Waals surface area (Å²) >= 11 is 0. The van der Waals surface area contributed by atoms with E-state index in [1.54, 1.807) is 36.4 Å². The van der Waals surface area contributed by atoms with Crippen molar-refractivity contribution in [2.45, 2.75) is 19.6 Å². The molecule has 0 aliphatic heterocycles. The number of nitrogens with one attached hydrogen (secondary N) is 1. The first kappa shape index (κ1) is 20.9. The fourth-order valence-corrected chi connectivity index (χ4v) is 2.70. The van der Waals surface area contributed by atoms with Crippen LogP contribution in [0.25, 0.3) is 0 Å². The predicted octanol–water partition coefficient (Wildman–Crippen LogP) is 4.46. The van der Waals surface area contributed by atoms with Crippen LogP contribution >= 0.6 is 0 Å². The highest BCUT2D eigenvalue weighted by atomic mass is 16.5. The van der Waals surface area contributed by atoms with Crippen LogP contribution in [0.1, 0.15) is 22.8 Å². The highest BCUT2D eigenvalue weighted by molar-refractivity contribution is 5.97. The lowest BCUT2D eigenvalue weighted by Crippen LogP contribution is -2.30. The molecule has 1 atom stereocenters. The number of para-hydroxylation sites is 1. The number of methoxy groups -OCH3 is 1. The fraction of sp³-hybridized carbons (Fsp3) is 0.167. The van der Waals surface area contributed by atoms with Crippen LogP contribution in [0.15, 0.2) is 78.9 Å². The van der Waals surface area contributed by atoms with Gasteiger partial charge in [-0.15, -0.1) is 0 Å². The van der Waals surface area contributed by atoms with E-state index in [1.807, 2.05) is 36.4 Å². The van der Waals surface area contributed by atoms with Crippen molar-refractivity contribution in [2.24, 2.45) is 0 Å². The number of esters is 1. The largest absolute Gasteiger partial charge is 0.493 e. The normalized spacial score (nSPS) is 11.3. The Labute approximate surface area is 175 Å². The molecule has 6 nitrogen and oxygen atoms in total. The Balaban J connectivity index is 1.61. The minimum atomic E-state index is -0.960. The molecule has 154 valence electrons. The zero-order valence-corrected chi connectivity index (χ0v) is 16.8. The molecule has 1 amide bonds. The Hall–Kier alpha value is -3.80. The van der Waals surface area contributed by atoms with Crippen LogP contribution in [0, 0.1) is 0 Å². The number of rotatable bonds is 8. The third-order valence-corrected chi connectivity index (χ3v) is 4.33. The molecule has 0 radical (unpaired) electrons. The van der Waals surface area contributed by atoms with E-state index in [2.05, 4.69) is 5.32 Å². The van der Waals surface area contributed by atoms with Crippen molar-refractivity contribution in [3.05, 3.63) is 90.0 Å². The molecule has 0 aliphatic rings. The Morgan fingerprint density at radius 2 is 1.57 bits per heavy atom. The van der Waals surface area contributed by atoms with Crippen molar-refractivity contribution >= 4 is 17.6 Å². The maximum atomic E-state index is 12.5. The Morgan fingerprint density at radius 3 is 2.23 bits per heavy atom. The first-order valence-electron chi connectivity index (χ1n) is 9.48. The summed E-state index contributed by atoms with van der Waals surface area (Å²) in [4.78, 5) is 24.7. The summed E-state index contributed by atoms with van der Waals surface area (Å²) < 4.78 is 16.4. The maximum absolute atomic E-state index is 12.5. The third-order valence-electron chi connectivity index (χ3n) is 4.33. The summed E-state index contributed by atoms with van der Waals surface area (Å²) in [6.07, 6.45) is -0.960. The lowest BCUT2D eigenvalue weighted by Gasteiger charge is -2.15. The average molecular weight is 405 g/mol. The first-order valence-corrected chi connectivity index (χ1v) is 9.48. The average Bonchev–Trinajstić information content (AvgIpc) is 2.78. The summed E-state index contributed by atoms with van der Waals surface area (Å²) in [5.74, 6) is -0.127. The van der Waals surface area contributed by atoms with Crippen molar-refractivity contribution in [2.75, 3.05) is 12.4 Å². The summed E-state index contributed by atoms with van der Waals surface area (Å²) in [5.41, 5.74) is 1.91. The second-order valence-corrected chi connectivity index (χ2v) is 6.54. The molecule has 3 aromatic carbocycles. The number of benzene rings is 3. The standard InChI is InChI=1S/C24H23NO5/c1-17(23(26)25-20-11-7-4-8-12-20)30-24(27)19-13-14-21(22(15-19)28-2)29-16-18-9-5-3-6-10-18/h3-15,17H,16H2,1-2H3,(H,25,26)/t17-/m0/s1. The fourth-order valence-electron chi connectivity index (χ4n) is 2.70. The molecule has 1 N–H and O–H groups in total. The number of anilines is 1. The van der Waals surface area contributed by atoms with Gasteiger partial charge in [0.05, 0.1) is 12.7 Å². The molecule has 0 bridgehead atoms. The number of amides is 1. The number of carbonyl (C=O) groups excluding carboxylic acids is 2. The zero-order valence-electron chi connectivity index (χ0n) is 16.8. The number of hydrogen-bond acceptors (Lipinski definition) is 5. The van der Waals surface area contributed by atoms with Crippen molar-refractivity contribution in [3.63, 3.8) is 0 Å². The van der Waals surface area contributed by atoms with E-state index in [4.69, 9.17) is 14.2 Å². The smallest absolute Gasteiger partial charge is 0.339 e. The minimum absolute atomic E-state index is 0.262. The van der Waals surface area contributed by atoms with Crippen LogP contribution in [-0.2, 0) is 16.1 Å². The van der Waals surface area contributed by atoms with E-state index in [0.717, 1.165) is 5.56 Å². The van der Waals surface area contributed by atoms with Gasteiger partial charge in [-0.25, -0.2) is 4.79 Å². The predicted molar refractivity (Wildman–Crippen MR) is 114 cm³/mol. The van der Waals surface area contributed by atoms with Crippen LogP contribution in [-0.4, -0.2) is 25.1 Å². The van der Waals surface area contributed by atoms with Gasteiger partial charge in [0.15, 0.2) is 17.6 Å². The highest BCUT2D eigenvalue weighted by Crippen LogP contribution is 2.29. The molecule has 0 saturated heterocycles. The van der Waals surface area contributed by atoms with E-state index in [1.165, 1.54) is 20.1 Å². The lowest BCUT2D eigenvalue weighted by atomic mass is 10.2. The zero-order chi connectivity index (χ0) is 21.3. The summed E-state index contributed by atoms with van der Waals surface area (Å²) in [7, 11) is 1.50. The molecular weight excluding hydrogens is 382 g/mol. The molecule has 0 aromatic heterocycles. The van der Waals surface area contributed by atoms with Crippen LogP contribution < -0.4 is 14.8 Å². The minimum Gasteiger partial charge on any atom is -0.493 e. The molecule has 0 spiro atoms. The third kappa shape index (κ3) is 5.61. The second-order valence-electron chi connectivity index (χ2n) is 6.54. The molecule has 0 fully saturated rings. The second kappa shape index (κ2) is 10.1. The summed E-state index contributed by atoms with van der Waals surface area (Å²) in [5, 5.41) is 2.70. The first-order chi connectivity index (χ1) is 14.6. The lowest BCUT2D eigenvalue weighted by molar-refractivity contribution is -0.123. The van der Waals surface area contributed by atoms with Gasteiger partial charge in [0.1, 0.15) is 6.61 Å². The summed E-state index contributed by atoms with van der Waals surface area (Å²) in [6.45, 7) is 1.89. The van der Waals surface area contributed by atoms with Gasteiger partial charge in [0.2, 0.25) is 0 Å². The molecule has 30 heavy (non-hydrogen) atoms. The van der Waals surface area contributed by atoms with Gasteiger partial charge < -0.3 is 19.5 Å². The maximum Gasteiger partial charge on any atom is 0.339 e. The van der Waals surface area contributed by atoms with Gasteiger partial charge in [0, 0.05) is 5.69 Å². The Kier molecular flexibility index (Phi) is 7.05. The van der Waals surface area contributed by atoms with Gasteiger partial charge in [-0.1, -0.05) is 48.5 Å². The Bertz CT molecular complexity index is 989. The number of ether oxygens (including phenoxy) is 3. The van der Waals surface area contributed by atoms with E-state index < -0.39 is 18.0 Å². The monoisotopic (exact) mass is 405 g/mol. The van der Waals surface area contributed by atoms with E-state index in [0.29, 0.717) is 23.8 Å². The van der Waals surface area contributed by atoms with Gasteiger partial charge in [-0.2, -0.15) is 0 Å². The van der Waals surface area contributed by atoms with Crippen LogP contribution in [0.2, 0.25) is 0 Å². The van der Waals surface area contributed by atoms with Gasteiger partial charge >= 0.3 is 5.97 Å². The van der Waals surface area contributed by atoms with Crippen molar-refractivity contribution in [1.82, 2.24) is 0 Å². The van der Waals surface area contributed by atoms with Crippen LogP contribution in [0.4, 0.5) is 5.69 Å². The van der Waals surface area contributed by atoms with Gasteiger partial charge in [-0.05, 0) is 42.8 Å². The quantitative estimate of drug-likeness (QED) is 0.560. The molecular formula is C24H23NO5. The molecule has 3 aromatic rings. The molecule has 0 unspecified atom stereocenters. The molecule has 3 rings (SSSR count). The van der Waals surface area contributed by atoms with Gasteiger partial charge in [-0.3, -0.25) is 4.79 Å². The van der Waals surface area contributed by atoms with Crippen molar-refractivity contribution < 1.29 is 23.8 Å². The van der Waals surface area contributed by atoms with E-state index in [9.17, 15) is 9.59 Å².